The number of Topliss-reactive ketones (excluding diaryl/α,β-unsaturated/α-hetero) is 1. The predicted molar refractivity (Wildman–Crippen MR) is 75.4 cm³/mol. The molecule has 0 fully saturated rings. The summed E-state index contributed by atoms with van der Waals surface area (Å²) >= 11 is 0. The van der Waals surface area contributed by atoms with Crippen molar-refractivity contribution < 1.29 is 15.0 Å². The lowest BCUT2D eigenvalue weighted by Crippen LogP contribution is -2.34. The van der Waals surface area contributed by atoms with E-state index in [0.29, 0.717) is 18.7 Å². The van der Waals surface area contributed by atoms with Crippen LogP contribution in [-0.4, -0.2) is 53.7 Å². The average molecular weight is 265 g/mol. The van der Waals surface area contributed by atoms with E-state index in [-0.39, 0.29) is 25.5 Å². The summed E-state index contributed by atoms with van der Waals surface area (Å²) in [7, 11) is 0. The number of benzene rings is 1. The predicted octanol–water partition coefficient (Wildman–Crippen LogP) is 1.11. The van der Waals surface area contributed by atoms with E-state index in [9.17, 15) is 4.79 Å². The molecule has 0 saturated carbocycles. The highest BCUT2D eigenvalue weighted by Crippen LogP contribution is 2.08. The smallest absolute Gasteiger partial charge is 0.176 e. The lowest BCUT2D eigenvalue weighted by molar-refractivity contribution is 0.0894. The molecule has 0 amide bonds. The van der Waals surface area contributed by atoms with Crippen LogP contribution in [0.1, 0.15) is 29.3 Å². The van der Waals surface area contributed by atoms with Crippen molar-refractivity contribution in [1.29, 1.82) is 0 Å². The van der Waals surface area contributed by atoms with Crippen LogP contribution in [0.3, 0.4) is 0 Å². The molecular weight excluding hydrogens is 242 g/mol. The molecule has 0 bridgehead atoms. The van der Waals surface area contributed by atoms with Gasteiger partial charge in [-0.25, -0.2) is 0 Å². The molecule has 0 radical (unpaired) electrons. The Hall–Kier alpha value is -1.23. The van der Waals surface area contributed by atoms with Crippen molar-refractivity contribution in [2.75, 3.05) is 32.8 Å². The summed E-state index contributed by atoms with van der Waals surface area (Å²) < 4.78 is 0. The van der Waals surface area contributed by atoms with E-state index in [1.165, 1.54) is 5.56 Å². The van der Waals surface area contributed by atoms with Crippen molar-refractivity contribution in [3.8, 4) is 0 Å². The summed E-state index contributed by atoms with van der Waals surface area (Å²) in [5, 5.41) is 17.8. The molecule has 0 aliphatic heterocycles. The van der Waals surface area contributed by atoms with E-state index in [1.807, 2.05) is 24.3 Å². The van der Waals surface area contributed by atoms with Crippen LogP contribution in [0.4, 0.5) is 0 Å². The van der Waals surface area contributed by atoms with Gasteiger partial charge in [-0.1, -0.05) is 37.6 Å². The molecule has 4 nitrogen and oxygen atoms in total. The summed E-state index contributed by atoms with van der Waals surface area (Å²) in [6, 6.07) is 7.67. The highest BCUT2D eigenvalue weighted by atomic mass is 16.3. The number of aliphatic hydroxyl groups is 2. The first-order valence-corrected chi connectivity index (χ1v) is 6.77. The van der Waals surface area contributed by atoms with Crippen molar-refractivity contribution in [3.63, 3.8) is 0 Å². The molecule has 106 valence electrons. The molecule has 19 heavy (non-hydrogen) atoms. The SMILES string of the molecule is CCCc1ccc(C(=O)CN(CCO)CCO)cc1. The highest BCUT2D eigenvalue weighted by molar-refractivity contribution is 5.97. The molecular formula is C15H23NO3. The van der Waals surface area contributed by atoms with E-state index in [1.54, 1.807) is 4.90 Å². The average Bonchev–Trinajstić information content (AvgIpc) is 2.40. The van der Waals surface area contributed by atoms with Gasteiger partial charge >= 0.3 is 0 Å². The first-order valence-electron chi connectivity index (χ1n) is 6.77. The van der Waals surface area contributed by atoms with Gasteiger partial charge in [-0.15, -0.1) is 0 Å². The molecule has 0 atom stereocenters. The summed E-state index contributed by atoms with van der Waals surface area (Å²) in [5.41, 5.74) is 1.92. The molecule has 4 heteroatoms. The number of aryl methyl sites for hydroxylation is 1. The van der Waals surface area contributed by atoms with Gasteiger partial charge in [0, 0.05) is 18.7 Å². The fourth-order valence-electron chi connectivity index (χ4n) is 1.99. The second-order valence-electron chi connectivity index (χ2n) is 4.59. The maximum Gasteiger partial charge on any atom is 0.176 e. The molecule has 0 saturated heterocycles. The molecule has 0 aliphatic rings. The van der Waals surface area contributed by atoms with Crippen molar-refractivity contribution in [3.05, 3.63) is 35.4 Å². The number of aliphatic hydroxyl groups excluding tert-OH is 2. The zero-order valence-corrected chi connectivity index (χ0v) is 11.5. The van der Waals surface area contributed by atoms with Crippen LogP contribution in [0.15, 0.2) is 24.3 Å². The van der Waals surface area contributed by atoms with E-state index >= 15 is 0 Å². The van der Waals surface area contributed by atoms with Crippen LogP contribution in [0.5, 0.6) is 0 Å². The van der Waals surface area contributed by atoms with Gasteiger partial charge in [0.25, 0.3) is 0 Å². The van der Waals surface area contributed by atoms with E-state index < -0.39 is 0 Å². The Labute approximate surface area is 114 Å². The summed E-state index contributed by atoms with van der Waals surface area (Å²) in [4.78, 5) is 13.8. The molecule has 0 unspecified atom stereocenters. The third kappa shape index (κ3) is 5.51. The lowest BCUT2D eigenvalue weighted by atomic mass is 10.1. The van der Waals surface area contributed by atoms with Gasteiger partial charge in [0.15, 0.2) is 5.78 Å². The maximum absolute atomic E-state index is 12.1. The topological polar surface area (TPSA) is 60.8 Å². The van der Waals surface area contributed by atoms with E-state index in [4.69, 9.17) is 10.2 Å². The maximum atomic E-state index is 12.1. The minimum Gasteiger partial charge on any atom is -0.395 e. The minimum atomic E-state index is -0.0112. The summed E-state index contributed by atoms with van der Waals surface area (Å²) in [6.45, 7) is 3.14. The van der Waals surface area contributed by atoms with Gasteiger partial charge in [-0.3, -0.25) is 9.69 Å². The fraction of sp³-hybridized carbons (Fsp3) is 0.533. The molecule has 0 aromatic heterocycles. The van der Waals surface area contributed by atoms with Crippen LogP contribution in [-0.2, 0) is 6.42 Å². The van der Waals surface area contributed by atoms with Crippen molar-refractivity contribution >= 4 is 5.78 Å². The van der Waals surface area contributed by atoms with Gasteiger partial charge < -0.3 is 10.2 Å². The molecule has 1 aromatic rings. The van der Waals surface area contributed by atoms with Crippen LogP contribution in [0.2, 0.25) is 0 Å². The van der Waals surface area contributed by atoms with Gasteiger partial charge in [0.2, 0.25) is 0 Å². The second-order valence-corrected chi connectivity index (χ2v) is 4.59. The van der Waals surface area contributed by atoms with Gasteiger partial charge in [-0.05, 0) is 12.0 Å². The number of carbonyl (C=O) groups is 1. The second kappa shape index (κ2) is 8.80. The zero-order valence-electron chi connectivity index (χ0n) is 11.5. The monoisotopic (exact) mass is 265 g/mol. The zero-order chi connectivity index (χ0) is 14.1. The number of hydrogen-bond donors (Lipinski definition) is 2. The molecule has 0 spiro atoms. The molecule has 1 aromatic carbocycles. The lowest BCUT2D eigenvalue weighted by Gasteiger charge is -2.19. The third-order valence-corrected chi connectivity index (χ3v) is 3.01. The normalized spacial score (nSPS) is 10.9. The molecule has 0 aliphatic carbocycles. The van der Waals surface area contributed by atoms with E-state index in [0.717, 1.165) is 12.8 Å². The number of hydrogen-bond acceptors (Lipinski definition) is 4. The summed E-state index contributed by atoms with van der Waals surface area (Å²) in [6.07, 6.45) is 2.11. The molecule has 2 N–H and O–H groups in total. The number of carbonyl (C=O) groups excluding carboxylic acids is 1. The highest BCUT2D eigenvalue weighted by Gasteiger charge is 2.11. The third-order valence-electron chi connectivity index (χ3n) is 3.01. The Kier molecular flexibility index (Phi) is 7.33. The summed E-state index contributed by atoms with van der Waals surface area (Å²) in [5.74, 6) is 0.0185. The quantitative estimate of drug-likeness (QED) is 0.657. The molecule has 1 rings (SSSR count). The standard InChI is InChI=1S/C15H23NO3/c1-2-3-13-4-6-14(7-5-13)15(19)12-16(8-10-17)9-11-18/h4-7,17-18H,2-3,8-12H2,1H3. The van der Waals surface area contributed by atoms with Gasteiger partial charge in [-0.2, -0.15) is 0 Å². The number of nitrogens with zero attached hydrogens (tertiary/aromatic N) is 1. The largest absolute Gasteiger partial charge is 0.395 e. The Balaban J connectivity index is 2.60. The van der Waals surface area contributed by atoms with Gasteiger partial charge in [0.1, 0.15) is 0 Å². The van der Waals surface area contributed by atoms with E-state index in [2.05, 4.69) is 6.92 Å². The number of rotatable bonds is 9. The first kappa shape index (κ1) is 15.8. The Morgan fingerprint density at radius 3 is 2.16 bits per heavy atom. The molecule has 0 heterocycles. The minimum absolute atomic E-state index is 0.0112. The van der Waals surface area contributed by atoms with Crippen molar-refractivity contribution in [1.82, 2.24) is 4.90 Å². The van der Waals surface area contributed by atoms with Crippen molar-refractivity contribution in [2.45, 2.75) is 19.8 Å². The first-order chi connectivity index (χ1) is 9.21. The Bertz CT molecular complexity index is 369. The van der Waals surface area contributed by atoms with Gasteiger partial charge in [0.05, 0.1) is 19.8 Å². The van der Waals surface area contributed by atoms with Crippen LogP contribution >= 0.6 is 0 Å². The van der Waals surface area contributed by atoms with Crippen LogP contribution in [0.25, 0.3) is 0 Å². The van der Waals surface area contributed by atoms with Crippen LogP contribution < -0.4 is 0 Å². The van der Waals surface area contributed by atoms with Crippen LogP contribution in [0, 0.1) is 0 Å². The fourth-order valence-corrected chi connectivity index (χ4v) is 1.99. The van der Waals surface area contributed by atoms with Crippen molar-refractivity contribution in [2.24, 2.45) is 0 Å². The Morgan fingerprint density at radius 2 is 1.68 bits per heavy atom. The number of ketones is 1. The Morgan fingerprint density at radius 1 is 1.11 bits per heavy atom.